The monoisotopic (exact) mass is 166 g/mol. The number of ether oxygens (including phenoxy) is 1. The van der Waals surface area contributed by atoms with E-state index in [-0.39, 0.29) is 36.7 Å². The van der Waals surface area contributed by atoms with Gasteiger partial charge in [-0.25, -0.2) is 9.97 Å². The first-order valence-corrected chi connectivity index (χ1v) is 2.57. The zero-order valence-electron chi connectivity index (χ0n) is 7.01. The van der Waals surface area contributed by atoms with Crippen LogP contribution in [0.4, 0.5) is 0 Å². The average molecular weight is 166 g/mol. The molecule has 0 spiro atoms. The van der Waals surface area contributed by atoms with Crippen molar-refractivity contribution >= 4 is 0 Å². The van der Waals surface area contributed by atoms with E-state index in [1.165, 1.54) is 18.7 Å². The third-order valence-electron chi connectivity index (χ3n) is 0.778. The van der Waals surface area contributed by atoms with Crippen LogP contribution in [-0.4, -0.2) is 26.7 Å². The fraction of sp³-hybridized carbons (Fsp3) is 0.200. The molecule has 1 rings (SSSR count). The number of hydrogen-bond acceptors (Lipinski definition) is 5. The number of aromatic nitrogens is 2. The van der Waals surface area contributed by atoms with Crippen LogP contribution < -0.4 is 34.3 Å². The van der Waals surface area contributed by atoms with Crippen LogP contribution in [0.2, 0.25) is 0 Å². The average Bonchev–Trinajstić information content (AvgIpc) is 1.88. The van der Waals surface area contributed by atoms with Crippen LogP contribution in [0.15, 0.2) is 18.7 Å². The van der Waals surface area contributed by atoms with E-state index >= 15 is 0 Å². The van der Waals surface area contributed by atoms with E-state index in [1.54, 1.807) is 0 Å². The van der Waals surface area contributed by atoms with Crippen LogP contribution in [-0.2, 0) is 0 Å². The molecule has 1 aromatic rings. The minimum Gasteiger partial charge on any atom is -1.00 e. The quantitative estimate of drug-likeness (QED) is 0.348. The molecule has 0 saturated carbocycles. The Morgan fingerprint density at radius 3 is 2.36 bits per heavy atom. The van der Waals surface area contributed by atoms with Gasteiger partial charge in [0.1, 0.15) is 6.33 Å². The van der Waals surface area contributed by atoms with Gasteiger partial charge in [-0.05, 0) is 0 Å². The Morgan fingerprint density at radius 1 is 1.36 bits per heavy atom. The molecule has 0 aliphatic heterocycles. The van der Waals surface area contributed by atoms with Crippen molar-refractivity contribution in [3.05, 3.63) is 18.7 Å². The summed E-state index contributed by atoms with van der Waals surface area (Å²) in [5, 5.41) is 16.6. The minimum atomic E-state index is -1.81. The topological polar surface area (TPSA) is 75.5 Å². The molecule has 56 valence electrons. The van der Waals surface area contributed by atoms with Crippen LogP contribution in [0.25, 0.3) is 0 Å². The maximum absolute atomic E-state index is 8.28. The van der Waals surface area contributed by atoms with Crippen LogP contribution in [0, 0.1) is 0 Å². The van der Waals surface area contributed by atoms with Gasteiger partial charge >= 0.3 is 36.0 Å². The Bertz CT molecular complexity index is 199. The van der Waals surface area contributed by atoms with E-state index in [9.17, 15) is 0 Å². The number of aliphatic hydroxyl groups excluding tert-OH is 1. The number of nitrogens with zero attached hydrogens (tertiary/aromatic N) is 2. The molecule has 1 heterocycles. The number of aliphatic hydroxyl groups is 2. The van der Waals surface area contributed by atoms with Crippen molar-refractivity contribution in [3.63, 3.8) is 0 Å². The second kappa shape index (κ2) is 5.45. The molecular weight excluding hydrogens is 159 g/mol. The molecule has 5 nitrogen and oxygen atoms in total. The van der Waals surface area contributed by atoms with E-state index in [0.29, 0.717) is 0 Å². The third-order valence-corrected chi connectivity index (χ3v) is 0.778. The fourth-order valence-corrected chi connectivity index (χ4v) is 0.468. The molecule has 0 aliphatic rings. The van der Waals surface area contributed by atoms with Gasteiger partial charge in [0.15, 0.2) is 5.75 Å². The largest absolute Gasteiger partial charge is 1.00 e. The minimum absolute atomic E-state index is 0. The first-order chi connectivity index (χ1) is 4.79. The van der Waals surface area contributed by atoms with Gasteiger partial charge in [-0.2, -0.15) is 0 Å². The number of rotatable bonds is 2. The predicted molar refractivity (Wildman–Crippen MR) is 32.0 cm³/mol. The van der Waals surface area contributed by atoms with E-state index in [4.69, 9.17) is 10.2 Å². The molecule has 1 aromatic heterocycles. The van der Waals surface area contributed by atoms with Crippen LogP contribution in [0.5, 0.6) is 5.75 Å². The summed E-state index contributed by atoms with van der Waals surface area (Å²) in [7, 11) is 0. The van der Waals surface area contributed by atoms with Crippen molar-refractivity contribution in [2.24, 2.45) is 0 Å². The van der Waals surface area contributed by atoms with Crippen LogP contribution in [0.1, 0.15) is 1.43 Å². The van der Waals surface area contributed by atoms with Gasteiger partial charge in [0.05, 0.1) is 12.4 Å². The standard InChI is InChI=1S/C5H6N2O3.Na.H/c8-5(9)10-4-1-6-3-7-2-4;;/h1-3,5,8-9H;;/q;+1;-1. The molecule has 11 heavy (non-hydrogen) atoms. The van der Waals surface area contributed by atoms with Crippen molar-refractivity contribution in [1.82, 2.24) is 9.97 Å². The Kier molecular flexibility index (Phi) is 5.35. The normalized spacial score (nSPS) is 9.00. The van der Waals surface area contributed by atoms with Gasteiger partial charge in [-0.1, -0.05) is 0 Å². The second-order valence-electron chi connectivity index (χ2n) is 1.52. The predicted octanol–water partition coefficient (Wildman–Crippen LogP) is -3.76. The Labute approximate surface area is 86.8 Å². The molecule has 0 fully saturated rings. The molecule has 0 unspecified atom stereocenters. The van der Waals surface area contributed by atoms with Crippen LogP contribution in [0.3, 0.4) is 0 Å². The van der Waals surface area contributed by atoms with E-state index < -0.39 is 6.48 Å². The molecule has 0 radical (unpaired) electrons. The molecule has 0 atom stereocenters. The summed E-state index contributed by atoms with van der Waals surface area (Å²) in [6.07, 6.45) is 3.97. The first-order valence-electron chi connectivity index (χ1n) is 2.57. The summed E-state index contributed by atoms with van der Waals surface area (Å²) in [4.78, 5) is 7.16. The smallest absolute Gasteiger partial charge is 1.00 e. The molecule has 0 amide bonds. The molecule has 0 aliphatic carbocycles. The van der Waals surface area contributed by atoms with Gasteiger partial charge < -0.3 is 16.4 Å². The Morgan fingerprint density at radius 2 is 1.91 bits per heavy atom. The third kappa shape index (κ3) is 4.28. The second-order valence-corrected chi connectivity index (χ2v) is 1.52. The summed E-state index contributed by atoms with van der Waals surface area (Å²) in [6, 6.07) is 0. The first kappa shape index (κ1) is 10.8. The van der Waals surface area contributed by atoms with E-state index in [1.807, 2.05) is 0 Å². The van der Waals surface area contributed by atoms with Crippen molar-refractivity contribution in [1.29, 1.82) is 0 Å². The molecule has 6 heteroatoms. The van der Waals surface area contributed by atoms with Crippen molar-refractivity contribution in [3.8, 4) is 5.75 Å². The summed E-state index contributed by atoms with van der Waals surface area (Å²) >= 11 is 0. The summed E-state index contributed by atoms with van der Waals surface area (Å²) in [5.74, 6) is 0.220. The van der Waals surface area contributed by atoms with Crippen molar-refractivity contribution in [2.75, 3.05) is 0 Å². The van der Waals surface area contributed by atoms with Crippen LogP contribution >= 0.6 is 0 Å². The van der Waals surface area contributed by atoms with E-state index in [0.717, 1.165) is 0 Å². The fourth-order valence-electron chi connectivity index (χ4n) is 0.468. The maximum atomic E-state index is 8.28. The molecule has 0 aromatic carbocycles. The molecule has 0 saturated heterocycles. The number of hydrogen-bond donors (Lipinski definition) is 2. The summed E-state index contributed by atoms with van der Waals surface area (Å²) < 4.78 is 4.40. The summed E-state index contributed by atoms with van der Waals surface area (Å²) in [5.41, 5.74) is 0. The van der Waals surface area contributed by atoms with Gasteiger partial charge in [0.2, 0.25) is 0 Å². The summed E-state index contributed by atoms with van der Waals surface area (Å²) in [6.45, 7) is -1.81. The SMILES string of the molecule is OC(O)Oc1cncnc1.[H-].[Na+]. The maximum Gasteiger partial charge on any atom is 1.00 e. The Balaban J connectivity index is 0. The zero-order valence-corrected chi connectivity index (χ0v) is 8.01. The van der Waals surface area contributed by atoms with Gasteiger partial charge in [-0.3, -0.25) is 0 Å². The van der Waals surface area contributed by atoms with Crippen molar-refractivity contribution < 1.29 is 45.9 Å². The van der Waals surface area contributed by atoms with Crippen molar-refractivity contribution in [2.45, 2.75) is 6.48 Å². The van der Waals surface area contributed by atoms with E-state index in [2.05, 4.69) is 14.7 Å². The molecule has 0 bridgehead atoms. The Hall–Kier alpha value is -0.200. The van der Waals surface area contributed by atoms with Gasteiger partial charge in [0.25, 0.3) is 0 Å². The molecular formula is C5H7N2NaO3. The van der Waals surface area contributed by atoms with Gasteiger partial charge in [0, 0.05) is 0 Å². The zero-order chi connectivity index (χ0) is 7.40. The van der Waals surface area contributed by atoms with Gasteiger partial charge in [-0.15, -0.1) is 0 Å². The molecule has 2 N–H and O–H groups in total.